The van der Waals surface area contributed by atoms with Crippen molar-refractivity contribution in [2.45, 2.75) is 17.5 Å². The lowest BCUT2D eigenvalue weighted by Crippen LogP contribution is -2.05. The Morgan fingerprint density at radius 3 is 2.78 bits per heavy atom. The van der Waals surface area contributed by atoms with Gasteiger partial charge in [0.15, 0.2) is 5.16 Å². The molecule has 0 unspecified atom stereocenters. The SMILES string of the molecule is COCCn1c(SCc2nc(-c3ccccc3Cl)no2)nc2ccccc21. The number of thioether (sulfide) groups is 1. The summed E-state index contributed by atoms with van der Waals surface area (Å²) in [6.07, 6.45) is 0. The predicted octanol–water partition coefficient (Wildman–Crippen LogP) is 4.68. The van der Waals surface area contributed by atoms with E-state index in [1.165, 1.54) is 0 Å². The highest BCUT2D eigenvalue weighted by Gasteiger charge is 2.15. The van der Waals surface area contributed by atoms with Gasteiger partial charge >= 0.3 is 0 Å². The van der Waals surface area contributed by atoms with Gasteiger partial charge in [0.1, 0.15) is 0 Å². The van der Waals surface area contributed by atoms with Gasteiger partial charge in [-0.3, -0.25) is 0 Å². The molecular formula is C19H17ClN4O2S. The monoisotopic (exact) mass is 400 g/mol. The van der Waals surface area contributed by atoms with Crippen LogP contribution in [0, 0.1) is 0 Å². The van der Waals surface area contributed by atoms with Crippen LogP contribution in [-0.2, 0) is 17.0 Å². The van der Waals surface area contributed by atoms with E-state index < -0.39 is 0 Å². The molecule has 8 heteroatoms. The number of para-hydroxylation sites is 2. The molecule has 2 aromatic carbocycles. The van der Waals surface area contributed by atoms with E-state index >= 15 is 0 Å². The molecule has 27 heavy (non-hydrogen) atoms. The number of hydrogen-bond donors (Lipinski definition) is 0. The Bertz CT molecular complexity index is 1060. The third kappa shape index (κ3) is 3.85. The molecule has 0 atom stereocenters. The van der Waals surface area contributed by atoms with Crippen LogP contribution >= 0.6 is 23.4 Å². The Labute approximate surface area is 165 Å². The molecule has 6 nitrogen and oxygen atoms in total. The number of halogens is 1. The molecule has 4 rings (SSSR count). The number of imidazole rings is 1. The first-order valence-corrected chi connectivity index (χ1v) is 9.77. The molecule has 0 aliphatic heterocycles. The van der Waals surface area contributed by atoms with Gasteiger partial charge in [-0.15, -0.1) is 0 Å². The normalized spacial score (nSPS) is 11.3. The van der Waals surface area contributed by atoms with Crippen molar-refractivity contribution in [1.82, 2.24) is 19.7 Å². The molecule has 0 fully saturated rings. The number of fused-ring (bicyclic) bond motifs is 1. The fourth-order valence-electron chi connectivity index (χ4n) is 2.75. The maximum Gasteiger partial charge on any atom is 0.237 e. The van der Waals surface area contributed by atoms with Crippen molar-refractivity contribution < 1.29 is 9.26 Å². The molecule has 0 bridgehead atoms. The minimum atomic E-state index is 0.490. The average Bonchev–Trinajstić information content (AvgIpc) is 3.29. The van der Waals surface area contributed by atoms with Crippen LogP contribution in [0.1, 0.15) is 5.89 Å². The second kappa shape index (κ2) is 8.12. The van der Waals surface area contributed by atoms with E-state index in [2.05, 4.69) is 20.8 Å². The Kier molecular flexibility index (Phi) is 5.42. The second-order valence-electron chi connectivity index (χ2n) is 5.81. The molecule has 0 spiro atoms. The van der Waals surface area contributed by atoms with Crippen LogP contribution in [0.4, 0.5) is 0 Å². The van der Waals surface area contributed by atoms with Gasteiger partial charge in [0.2, 0.25) is 11.7 Å². The third-order valence-electron chi connectivity index (χ3n) is 4.05. The summed E-state index contributed by atoms with van der Waals surface area (Å²) in [5.74, 6) is 1.54. The van der Waals surface area contributed by atoms with E-state index in [0.717, 1.165) is 28.3 Å². The molecule has 2 heterocycles. The Morgan fingerprint density at radius 2 is 1.93 bits per heavy atom. The molecular weight excluding hydrogens is 384 g/mol. The summed E-state index contributed by atoms with van der Waals surface area (Å²) in [6.45, 7) is 1.35. The third-order valence-corrected chi connectivity index (χ3v) is 5.34. The van der Waals surface area contributed by atoms with Crippen LogP contribution in [-0.4, -0.2) is 33.4 Å². The Hall–Kier alpha value is -2.35. The van der Waals surface area contributed by atoms with E-state index in [1.54, 1.807) is 24.9 Å². The van der Waals surface area contributed by atoms with Gasteiger partial charge in [-0.2, -0.15) is 4.98 Å². The number of rotatable bonds is 7. The molecule has 0 N–H and O–H groups in total. The summed E-state index contributed by atoms with van der Waals surface area (Å²) in [4.78, 5) is 9.18. The van der Waals surface area contributed by atoms with Crippen LogP contribution in [0.25, 0.3) is 22.4 Å². The zero-order valence-electron chi connectivity index (χ0n) is 14.6. The average molecular weight is 401 g/mol. The predicted molar refractivity (Wildman–Crippen MR) is 106 cm³/mol. The van der Waals surface area contributed by atoms with Crippen LogP contribution in [0.2, 0.25) is 5.02 Å². The highest BCUT2D eigenvalue weighted by molar-refractivity contribution is 7.98. The van der Waals surface area contributed by atoms with Crippen molar-refractivity contribution in [1.29, 1.82) is 0 Å². The fraction of sp³-hybridized carbons (Fsp3) is 0.211. The first-order valence-electron chi connectivity index (χ1n) is 8.41. The summed E-state index contributed by atoms with van der Waals surface area (Å²) < 4.78 is 12.8. The number of methoxy groups -OCH3 is 1. The summed E-state index contributed by atoms with van der Waals surface area (Å²) in [7, 11) is 1.70. The lowest BCUT2D eigenvalue weighted by molar-refractivity contribution is 0.186. The van der Waals surface area contributed by atoms with E-state index in [0.29, 0.717) is 29.1 Å². The van der Waals surface area contributed by atoms with Crippen LogP contribution < -0.4 is 0 Å². The maximum atomic E-state index is 6.20. The highest BCUT2D eigenvalue weighted by Crippen LogP contribution is 2.28. The van der Waals surface area contributed by atoms with Gasteiger partial charge in [0.25, 0.3) is 0 Å². The minimum Gasteiger partial charge on any atom is -0.383 e. The van der Waals surface area contributed by atoms with Crippen molar-refractivity contribution in [2.75, 3.05) is 13.7 Å². The number of nitrogens with zero attached hydrogens (tertiary/aromatic N) is 4. The van der Waals surface area contributed by atoms with Gasteiger partial charge in [-0.25, -0.2) is 4.98 Å². The van der Waals surface area contributed by atoms with Gasteiger partial charge in [0.05, 0.1) is 28.4 Å². The zero-order chi connectivity index (χ0) is 18.6. The number of benzene rings is 2. The summed E-state index contributed by atoms with van der Waals surface area (Å²) in [6, 6.07) is 15.5. The molecule has 0 radical (unpaired) electrons. The van der Waals surface area contributed by atoms with Crippen molar-refractivity contribution >= 4 is 34.4 Å². The van der Waals surface area contributed by atoms with Gasteiger partial charge in [0, 0.05) is 19.2 Å². The first kappa shape index (κ1) is 18.0. The molecule has 4 aromatic rings. The molecule has 0 aliphatic rings. The lowest BCUT2D eigenvalue weighted by atomic mass is 10.2. The minimum absolute atomic E-state index is 0.490. The highest BCUT2D eigenvalue weighted by atomic mass is 35.5. The Morgan fingerprint density at radius 1 is 1.11 bits per heavy atom. The quantitative estimate of drug-likeness (QED) is 0.420. The van der Waals surface area contributed by atoms with Crippen LogP contribution in [0.15, 0.2) is 58.2 Å². The van der Waals surface area contributed by atoms with E-state index in [1.807, 2.05) is 36.4 Å². The second-order valence-corrected chi connectivity index (χ2v) is 7.16. The van der Waals surface area contributed by atoms with Gasteiger partial charge in [-0.1, -0.05) is 52.8 Å². The number of aromatic nitrogens is 4. The fourth-order valence-corrected chi connectivity index (χ4v) is 3.85. The summed E-state index contributed by atoms with van der Waals surface area (Å²) in [5, 5.41) is 5.53. The summed E-state index contributed by atoms with van der Waals surface area (Å²) >= 11 is 7.76. The number of ether oxygens (including phenoxy) is 1. The standard InChI is InChI=1S/C19H17ClN4O2S/c1-25-11-10-24-16-9-5-4-8-15(16)21-19(24)27-12-17-22-18(23-26-17)13-6-2-3-7-14(13)20/h2-9H,10-12H2,1H3. The molecule has 2 aromatic heterocycles. The van der Waals surface area contributed by atoms with Crippen molar-refractivity contribution in [2.24, 2.45) is 0 Å². The van der Waals surface area contributed by atoms with Gasteiger partial charge in [-0.05, 0) is 24.3 Å². The maximum absolute atomic E-state index is 6.20. The molecule has 0 aliphatic carbocycles. The van der Waals surface area contributed by atoms with E-state index in [4.69, 9.17) is 25.8 Å². The summed E-state index contributed by atoms with van der Waals surface area (Å²) in [5.41, 5.74) is 2.80. The zero-order valence-corrected chi connectivity index (χ0v) is 16.2. The van der Waals surface area contributed by atoms with Crippen molar-refractivity contribution in [3.63, 3.8) is 0 Å². The largest absolute Gasteiger partial charge is 0.383 e. The number of hydrogen-bond acceptors (Lipinski definition) is 6. The van der Waals surface area contributed by atoms with Gasteiger partial charge < -0.3 is 13.8 Å². The molecule has 0 amide bonds. The molecule has 138 valence electrons. The molecule has 0 saturated heterocycles. The van der Waals surface area contributed by atoms with Crippen molar-refractivity contribution in [3.8, 4) is 11.4 Å². The van der Waals surface area contributed by atoms with Crippen molar-refractivity contribution in [3.05, 3.63) is 59.4 Å². The van der Waals surface area contributed by atoms with Crippen LogP contribution in [0.3, 0.4) is 0 Å². The van der Waals surface area contributed by atoms with Crippen LogP contribution in [0.5, 0.6) is 0 Å². The topological polar surface area (TPSA) is 66.0 Å². The molecule has 0 saturated carbocycles. The smallest absolute Gasteiger partial charge is 0.237 e. The first-order chi connectivity index (χ1) is 13.3. The van der Waals surface area contributed by atoms with E-state index in [-0.39, 0.29) is 0 Å². The van der Waals surface area contributed by atoms with E-state index in [9.17, 15) is 0 Å². The lowest BCUT2D eigenvalue weighted by Gasteiger charge is -2.07. The Balaban J connectivity index is 1.55.